The molecule has 1 saturated heterocycles. The number of pyridine rings is 1. The molecule has 178 valence electrons. The number of amides is 1. The van der Waals surface area contributed by atoms with Crippen molar-refractivity contribution in [3.05, 3.63) is 83.2 Å². The summed E-state index contributed by atoms with van der Waals surface area (Å²) in [4.78, 5) is 21.2. The molecule has 1 aliphatic rings. The Morgan fingerprint density at radius 1 is 1.06 bits per heavy atom. The third-order valence-corrected chi connectivity index (χ3v) is 6.14. The molecule has 0 spiro atoms. The quantitative estimate of drug-likeness (QED) is 0.568. The maximum absolute atomic E-state index is 13.8. The van der Waals surface area contributed by atoms with Crippen LogP contribution in [-0.4, -0.2) is 53.9 Å². The Bertz CT molecular complexity index is 1160. The van der Waals surface area contributed by atoms with Crippen molar-refractivity contribution in [3.8, 4) is 11.1 Å². The first kappa shape index (κ1) is 23.9. The number of nitrogens with zero attached hydrogens (tertiary/aromatic N) is 3. The van der Waals surface area contributed by atoms with Gasteiger partial charge in [0.15, 0.2) is 0 Å². The SMILES string of the molecule is Cc1ccc(C(=O)Nc2ccc(CN3CCN(C)CC3)c(C(F)(F)F)c2)cc1-c1cccnc1. The van der Waals surface area contributed by atoms with Crippen LogP contribution in [0.5, 0.6) is 0 Å². The minimum absolute atomic E-state index is 0.114. The van der Waals surface area contributed by atoms with E-state index >= 15 is 0 Å². The van der Waals surface area contributed by atoms with E-state index < -0.39 is 17.6 Å². The lowest BCUT2D eigenvalue weighted by atomic mass is 9.99. The number of carbonyl (C=O) groups is 1. The van der Waals surface area contributed by atoms with Crippen molar-refractivity contribution in [1.82, 2.24) is 14.8 Å². The monoisotopic (exact) mass is 468 g/mol. The van der Waals surface area contributed by atoms with Gasteiger partial charge >= 0.3 is 6.18 Å². The first-order valence-corrected chi connectivity index (χ1v) is 11.1. The van der Waals surface area contributed by atoms with Crippen LogP contribution >= 0.6 is 0 Å². The highest BCUT2D eigenvalue weighted by molar-refractivity contribution is 6.05. The first-order valence-electron chi connectivity index (χ1n) is 11.1. The number of aromatic nitrogens is 1. The second-order valence-corrected chi connectivity index (χ2v) is 8.67. The average Bonchev–Trinajstić information content (AvgIpc) is 2.81. The molecule has 0 aliphatic carbocycles. The van der Waals surface area contributed by atoms with Gasteiger partial charge in [-0.15, -0.1) is 0 Å². The van der Waals surface area contributed by atoms with E-state index in [0.29, 0.717) is 5.56 Å². The molecule has 1 aliphatic heterocycles. The van der Waals surface area contributed by atoms with Crippen LogP contribution in [0.4, 0.5) is 18.9 Å². The van der Waals surface area contributed by atoms with Crippen molar-refractivity contribution in [3.63, 3.8) is 0 Å². The van der Waals surface area contributed by atoms with Gasteiger partial charge in [-0.05, 0) is 61.0 Å². The number of carbonyl (C=O) groups excluding carboxylic acids is 1. The van der Waals surface area contributed by atoms with E-state index in [4.69, 9.17) is 0 Å². The van der Waals surface area contributed by atoms with E-state index in [-0.39, 0.29) is 17.8 Å². The van der Waals surface area contributed by atoms with E-state index in [9.17, 15) is 18.0 Å². The fraction of sp³-hybridized carbons (Fsp3) is 0.308. The third-order valence-electron chi connectivity index (χ3n) is 6.14. The Labute approximate surface area is 197 Å². The first-order chi connectivity index (χ1) is 16.2. The second kappa shape index (κ2) is 9.95. The van der Waals surface area contributed by atoms with Crippen molar-refractivity contribution in [2.75, 3.05) is 38.5 Å². The molecule has 0 saturated carbocycles. The lowest BCUT2D eigenvalue weighted by molar-refractivity contribution is -0.138. The van der Waals surface area contributed by atoms with Gasteiger partial charge < -0.3 is 10.2 Å². The Balaban J connectivity index is 1.55. The summed E-state index contributed by atoms with van der Waals surface area (Å²) in [5, 5.41) is 2.63. The molecule has 0 unspecified atom stereocenters. The molecule has 1 fully saturated rings. The molecular weight excluding hydrogens is 441 g/mol. The molecular formula is C26H27F3N4O. The zero-order valence-electron chi connectivity index (χ0n) is 19.2. The topological polar surface area (TPSA) is 48.5 Å². The zero-order chi connectivity index (χ0) is 24.3. The Morgan fingerprint density at radius 3 is 2.50 bits per heavy atom. The Kier molecular flexibility index (Phi) is 7.00. The molecule has 8 heteroatoms. The number of benzene rings is 2. The fourth-order valence-electron chi connectivity index (χ4n) is 4.10. The summed E-state index contributed by atoms with van der Waals surface area (Å²) in [6.45, 7) is 5.25. The Morgan fingerprint density at radius 2 is 1.82 bits per heavy atom. The lowest BCUT2D eigenvalue weighted by Gasteiger charge is -2.33. The van der Waals surface area contributed by atoms with Gasteiger partial charge in [0.2, 0.25) is 0 Å². The molecule has 1 N–H and O–H groups in total. The van der Waals surface area contributed by atoms with Crippen molar-refractivity contribution in [2.45, 2.75) is 19.6 Å². The number of alkyl halides is 3. The third kappa shape index (κ3) is 5.63. The van der Waals surface area contributed by atoms with Gasteiger partial charge in [0, 0.05) is 61.9 Å². The van der Waals surface area contributed by atoms with Crippen molar-refractivity contribution < 1.29 is 18.0 Å². The summed E-state index contributed by atoms with van der Waals surface area (Å²) in [7, 11) is 2.00. The van der Waals surface area contributed by atoms with Gasteiger partial charge in [0.25, 0.3) is 5.91 Å². The smallest absolute Gasteiger partial charge is 0.322 e. The molecule has 5 nitrogen and oxygen atoms in total. The van der Waals surface area contributed by atoms with Crippen molar-refractivity contribution in [1.29, 1.82) is 0 Å². The normalized spacial score (nSPS) is 15.3. The van der Waals surface area contributed by atoms with E-state index in [1.807, 2.05) is 37.1 Å². The molecule has 2 heterocycles. The van der Waals surface area contributed by atoms with Crippen LogP contribution in [0.15, 0.2) is 60.9 Å². The maximum Gasteiger partial charge on any atom is 0.416 e. The number of hydrogen-bond donors (Lipinski definition) is 1. The lowest BCUT2D eigenvalue weighted by Crippen LogP contribution is -2.44. The van der Waals surface area contributed by atoms with Crippen molar-refractivity contribution >= 4 is 11.6 Å². The molecule has 0 atom stereocenters. The molecule has 0 bridgehead atoms. The minimum atomic E-state index is -4.51. The number of halogens is 3. The number of nitrogens with one attached hydrogen (secondary N) is 1. The number of piperazine rings is 1. The average molecular weight is 469 g/mol. The van der Waals surface area contributed by atoms with Gasteiger partial charge in [-0.3, -0.25) is 14.7 Å². The van der Waals surface area contributed by atoms with Crippen LogP contribution in [0, 0.1) is 6.92 Å². The molecule has 1 amide bonds. The molecule has 2 aromatic carbocycles. The standard InChI is InChI=1S/C26H27F3N4O/c1-18-5-6-19(14-23(18)20-4-3-9-30-16-20)25(34)31-22-8-7-21(24(15-22)26(27,28)29)17-33-12-10-32(2)11-13-33/h3-9,14-16H,10-13,17H2,1-2H3,(H,31,34). The number of rotatable bonds is 5. The number of hydrogen-bond acceptors (Lipinski definition) is 4. The van der Waals surface area contributed by atoms with Gasteiger partial charge in [-0.25, -0.2) is 0 Å². The van der Waals surface area contributed by atoms with E-state index in [1.165, 1.54) is 12.1 Å². The highest BCUT2D eigenvalue weighted by atomic mass is 19.4. The summed E-state index contributed by atoms with van der Waals surface area (Å²) in [6.07, 6.45) is -1.14. The van der Waals surface area contributed by atoms with Gasteiger partial charge in [0.1, 0.15) is 0 Å². The fourth-order valence-corrected chi connectivity index (χ4v) is 4.10. The molecule has 1 aromatic heterocycles. The summed E-state index contributed by atoms with van der Waals surface area (Å²) < 4.78 is 41.5. The number of aryl methyl sites for hydroxylation is 1. The van der Waals surface area contributed by atoms with E-state index in [2.05, 4.69) is 15.2 Å². The summed E-state index contributed by atoms with van der Waals surface area (Å²) >= 11 is 0. The summed E-state index contributed by atoms with van der Waals surface area (Å²) in [6, 6.07) is 12.9. The predicted octanol–water partition coefficient (Wildman–Crippen LogP) is 5.08. The van der Waals surface area contributed by atoms with E-state index in [1.54, 1.807) is 24.5 Å². The van der Waals surface area contributed by atoms with Crippen LogP contribution in [-0.2, 0) is 12.7 Å². The highest BCUT2D eigenvalue weighted by Crippen LogP contribution is 2.35. The van der Waals surface area contributed by atoms with Gasteiger partial charge in [0.05, 0.1) is 5.56 Å². The molecule has 4 rings (SSSR count). The number of anilines is 1. The van der Waals surface area contributed by atoms with E-state index in [0.717, 1.165) is 48.9 Å². The van der Waals surface area contributed by atoms with Crippen LogP contribution in [0.3, 0.4) is 0 Å². The van der Waals surface area contributed by atoms with Gasteiger partial charge in [-0.1, -0.05) is 18.2 Å². The van der Waals surface area contributed by atoms with Crippen LogP contribution in [0.25, 0.3) is 11.1 Å². The molecule has 34 heavy (non-hydrogen) atoms. The zero-order valence-corrected chi connectivity index (χ0v) is 19.2. The Hall–Kier alpha value is -3.23. The molecule has 0 radical (unpaired) electrons. The molecule has 3 aromatic rings. The number of likely N-dealkylation sites (N-methyl/N-ethyl adjacent to an activating group) is 1. The summed E-state index contributed by atoms with van der Waals surface area (Å²) in [5.74, 6) is -0.468. The van der Waals surface area contributed by atoms with Crippen LogP contribution in [0.1, 0.15) is 27.0 Å². The predicted molar refractivity (Wildman–Crippen MR) is 127 cm³/mol. The van der Waals surface area contributed by atoms with Crippen molar-refractivity contribution in [2.24, 2.45) is 0 Å². The van der Waals surface area contributed by atoms with Crippen LogP contribution in [0.2, 0.25) is 0 Å². The minimum Gasteiger partial charge on any atom is -0.322 e. The maximum atomic E-state index is 13.8. The highest BCUT2D eigenvalue weighted by Gasteiger charge is 2.34. The largest absolute Gasteiger partial charge is 0.416 e. The van der Waals surface area contributed by atoms with Crippen LogP contribution < -0.4 is 5.32 Å². The van der Waals surface area contributed by atoms with Gasteiger partial charge in [-0.2, -0.15) is 13.2 Å². The summed E-state index contributed by atoms with van der Waals surface area (Å²) in [5.41, 5.74) is 2.65. The second-order valence-electron chi connectivity index (χ2n) is 8.67.